The number of hydrogen-bond acceptors (Lipinski definition) is 5. The van der Waals surface area contributed by atoms with E-state index in [2.05, 4.69) is 15.5 Å². The second kappa shape index (κ2) is 8.40. The lowest BCUT2D eigenvalue weighted by atomic mass is 10.1. The molecule has 1 N–H and O–H groups in total. The van der Waals surface area contributed by atoms with Crippen LogP contribution in [-0.2, 0) is 11.3 Å². The lowest BCUT2D eigenvalue weighted by Crippen LogP contribution is -2.29. The van der Waals surface area contributed by atoms with Crippen LogP contribution in [0.15, 0.2) is 77.6 Å². The van der Waals surface area contributed by atoms with Crippen LogP contribution in [0.25, 0.3) is 28.1 Å². The molecule has 0 bridgehead atoms. The Labute approximate surface area is 194 Å². The minimum Gasteiger partial charge on any atom is -0.325 e. The fraction of sp³-hybridized carbons (Fsp3) is 0.115. The number of aryl methyl sites for hydroxylation is 1. The van der Waals surface area contributed by atoms with E-state index in [1.165, 1.54) is 11.5 Å². The fourth-order valence-corrected chi connectivity index (χ4v) is 3.94. The molecule has 5 rings (SSSR count). The van der Waals surface area contributed by atoms with Crippen molar-refractivity contribution in [2.24, 2.45) is 0 Å². The molecule has 8 heteroatoms. The highest BCUT2D eigenvalue weighted by molar-refractivity contribution is 5.96. The first-order chi connectivity index (χ1) is 16.4. The van der Waals surface area contributed by atoms with E-state index in [1.807, 2.05) is 49.4 Å². The standard InChI is InChI=1S/C26H21N5O3/c1-16-7-9-19(10-8-16)24-28-29-25-26(34)30(21-5-3-4-6-22(21)31(24)25)15-23(33)27-20-13-11-18(12-14-20)17(2)32/h3-14H,15H2,1-2H3,(H,27,33). The second-order valence-corrected chi connectivity index (χ2v) is 8.11. The van der Waals surface area contributed by atoms with Crippen LogP contribution in [0.3, 0.4) is 0 Å². The van der Waals surface area contributed by atoms with Crippen LogP contribution in [0.1, 0.15) is 22.8 Å². The third-order valence-corrected chi connectivity index (χ3v) is 5.70. The van der Waals surface area contributed by atoms with Crippen LogP contribution >= 0.6 is 0 Å². The van der Waals surface area contributed by atoms with Crippen LogP contribution in [0.4, 0.5) is 5.69 Å². The average molecular weight is 451 g/mol. The van der Waals surface area contributed by atoms with Crippen LogP contribution in [-0.4, -0.2) is 30.9 Å². The lowest BCUT2D eigenvalue weighted by molar-refractivity contribution is -0.116. The maximum atomic E-state index is 13.4. The number of anilines is 1. The molecule has 0 saturated carbocycles. The van der Waals surface area contributed by atoms with Gasteiger partial charge in [0.25, 0.3) is 5.56 Å². The number of nitrogens with one attached hydrogen (secondary N) is 1. The fourth-order valence-electron chi connectivity index (χ4n) is 3.94. The van der Waals surface area contributed by atoms with E-state index < -0.39 is 5.56 Å². The van der Waals surface area contributed by atoms with Gasteiger partial charge in [0.05, 0.1) is 11.0 Å². The van der Waals surface area contributed by atoms with E-state index in [-0.39, 0.29) is 23.9 Å². The monoisotopic (exact) mass is 451 g/mol. The Morgan fingerprint density at radius 2 is 1.56 bits per heavy atom. The molecule has 0 aliphatic rings. The van der Waals surface area contributed by atoms with Gasteiger partial charge in [-0.1, -0.05) is 42.0 Å². The van der Waals surface area contributed by atoms with Crippen LogP contribution < -0.4 is 10.9 Å². The van der Waals surface area contributed by atoms with E-state index in [9.17, 15) is 14.4 Å². The van der Waals surface area contributed by atoms with Gasteiger partial charge in [-0.05, 0) is 50.2 Å². The van der Waals surface area contributed by atoms with E-state index >= 15 is 0 Å². The molecule has 0 radical (unpaired) electrons. The number of benzene rings is 3. The Bertz CT molecular complexity index is 1610. The Hall–Kier alpha value is -4.59. The molecular formula is C26H21N5O3. The molecular weight excluding hydrogens is 430 g/mol. The summed E-state index contributed by atoms with van der Waals surface area (Å²) in [5, 5.41) is 11.2. The molecule has 34 heavy (non-hydrogen) atoms. The van der Waals surface area contributed by atoms with Gasteiger partial charge >= 0.3 is 0 Å². The summed E-state index contributed by atoms with van der Waals surface area (Å²) in [6.07, 6.45) is 0. The number of carbonyl (C=O) groups excluding carboxylic acids is 2. The third kappa shape index (κ3) is 3.75. The number of amides is 1. The maximum absolute atomic E-state index is 13.4. The first-order valence-corrected chi connectivity index (χ1v) is 10.8. The number of nitrogens with zero attached hydrogens (tertiary/aromatic N) is 4. The lowest BCUT2D eigenvalue weighted by Gasteiger charge is -2.13. The van der Waals surface area contributed by atoms with Gasteiger partial charge in [-0.3, -0.25) is 23.4 Å². The van der Waals surface area contributed by atoms with Crippen molar-refractivity contribution in [3.63, 3.8) is 0 Å². The zero-order valence-corrected chi connectivity index (χ0v) is 18.6. The molecule has 2 heterocycles. The summed E-state index contributed by atoms with van der Waals surface area (Å²) in [6, 6.07) is 21.8. The third-order valence-electron chi connectivity index (χ3n) is 5.70. The van der Waals surface area contributed by atoms with Gasteiger partial charge in [0, 0.05) is 16.8 Å². The number of para-hydroxylation sites is 2. The van der Waals surface area contributed by atoms with E-state index in [1.54, 1.807) is 34.7 Å². The summed E-state index contributed by atoms with van der Waals surface area (Å²) in [7, 11) is 0. The summed E-state index contributed by atoms with van der Waals surface area (Å²) in [5.74, 6) is 0.137. The highest BCUT2D eigenvalue weighted by Gasteiger charge is 2.19. The van der Waals surface area contributed by atoms with Gasteiger partial charge in [-0.25, -0.2) is 0 Å². The second-order valence-electron chi connectivity index (χ2n) is 8.11. The topological polar surface area (TPSA) is 98.4 Å². The van der Waals surface area contributed by atoms with Gasteiger partial charge in [0.15, 0.2) is 11.6 Å². The molecule has 5 aromatic rings. The van der Waals surface area contributed by atoms with Gasteiger partial charge in [0.1, 0.15) is 6.54 Å². The van der Waals surface area contributed by atoms with Gasteiger partial charge in [0.2, 0.25) is 11.6 Å². The molecule has 0 saturated heterocycles. The molecule has 168 valence electrons. The molecule has 2 aromatic heterocycles. The molecule has 3 aromatic carbocycles. The molecule has 0 fully saturated rings. The van der Waals surface area contributed by atoms with E-state index in [0.717, 1.165) is 16.6 Å². The first kappa shape index (κ1) is 21.3. The van der Waals surface area contributed by atoms with E-state index in [4.69, 9.17) is 0 Å². The van der Waals surface area contributed by atoms with Crippen molar-refractivity contribution >= 4 is 34.1 Å². The first-order valence-electron chi connectivity index (χ1n) is 10.8. The van der Waals surface area contributed by atoms with Crippen molar-refractivity contribution in [2.75, 3.05) is 5.32 Å². The summed E-state index contributed by atoms with van der Waals surface area (Å²) in [6.45, 7) is 3.29. The molecule has 0 unspecified atom stereocenters. The highest BCUT2D eigenvalue weighted by atomic mass is 16.2. The number of fused-ring (bicyclic) bond motifs is 3. The van der Waals surface area contributed by atoms with Crippen LogP contribution in [0, 0.1) is 6.92 Å². The zero-order valence-electron chi connectivity index (χ0n) is 18.6. The van der Waals surface area contributed by atoms with Crippen molar-refractivity contribution in [3.8, 4) is 11.4 Å². The summed E-state index contributed by atoms with van der Waals surface area (Å²) in [4.78, 5) is 37.6. The smallest absolute Gasteiger partial charge is 0.297 e. The number of hydrogen-bond donors (Lipinski definition) is 1. The minimum absolute atomic E-state index is 0.0532. The van der Waals surface area contributed by atoms with Crippen LogP contribution in [0.5, 0.6) is 0 Å². The maximum Gasteiger partial charge on any atom is 0.297 e. The Morgan fingerprint density at radius 3 is 2.24 bits per heavy atom. The van der Waals surface area contributed by atoms with Crippen molar-refractivity contribution in [2.45, 2.75) is 20.4 Å². The SMILES string of the molecule is CC(=O)c1ccc(NC(=O)Cn2c(=O)c3nnc(-c4ccc(C)cc4)n3c3ccccc32)cc1. The average Bonchev–Trinajstić information content (AvgIpc) is 3.28. The van der Waals surface area contributed by atoms with Crippen molar-refractivity contribution in [1.29, 1.82) is 0 Å². The van der Waals surface area contributed by atoms with Gasteiger partial charge in [-0.15, -0.1) is 10.2 Å². The quantitative estimate of drug-likeness (QED) is 0.409. The summed E-state index contributed by atoms with van der Waals surface area (Å²) < 4.78 is 3.13. The number of rotatable bonds is 5. The Kier molecular flexibility index (Phi) is 5.25. The number of carbonyl (C=O) groups is 2. The van der Waals surface area contributed by atoms with Crippen molar-refractivity contribution in [3.05, 3.63) is 94.3 Å². The number of ketones is 1. The highest BCUT2D eigenvalue weighted by Crippen LogP contribution is 2.23. The predicted molar refractivity (Wildman–Crippen MR) is 130 cm³/mol. The van der Waals surface area contributed by atoms with E-state index in [0.29, 0.717) is 22.6 Å². The molecule has 0 aliphatic carbocycles. The van der Waals surface area contributed by atoms with Gasteiger partial charge < -0.3 is 5.32 Å². The number of aromatic nitrogens is 4. The zero-order chi connectivity index (χ0) is 23.8. The largest absolute Gasteiger partial charge is 0.325 e. The molecule has 1 amide bonds. The number of Topliss-reactive ketones (excluding diaryl/α,β-unsaturated/α-hetero) is 1. The molecule has 0 spiro atoms. The summed E-state index contributed by atoms with van der Waals surface area (Å²) >= 11 is 0. The Morgan fingerprint density at radius 1 is 0.882 bits per heavy atom. The Balaban J connectivity index is 1.56. The van der Waals surface area contributed by atoms with Gasteiger partial charge in [-0.2, -0.15) is 0 Å². The normalized spacial score (nSPS) is 11.1. The minimum atomic E-state index is -0.411. The molecule has 8 nitrogen and oxygen atoms in total. The van der Waals surface area contributed by atoms with Crippen molar-refractivity contribution < 1.29 is 9.59 Å². The molecule has 0 atom stereocenters. The predicted octanol–water partition coefficient (Wildman–Crippen LogP) is 3.86. The van der Waals surface area contributed by atoms with Crippen LogP contribution in [0.2, 0.25) is 0 Å². The molecule has 0 aliphatic heterocycles. The van der Waals surface area contributed by atoms with Crippen molar-refractivity contribution in [1.82, 2.24) is 19.2 Å². The summed E-state index contributed by atoms with van der Waals surface area (Å²) in [5.41, 5.74) is 4.10.